The molecule has 2 atom stereocenters. The van der Waals surface area contributed by atoms with Crippen molar-refractivity contribution in [1.29, 1.82) is 0 Å². The van der Waals surface area contributed by atoms with Gasteiger partial charge in [-0.15, -0.1) is 0 Å². The lowest BCUT2D eigenvalue weighted by Crippen LogP contribution is -2.42. The number of benzene rings is 1. The van der Waals surface area contributed by atoms with E-state index in [4.69, 9.17) is 9.26 Å². The third-order valence-corrected chi connectivity index (χ3v) is 4.23. The highest BCUT2D eigenvalue weighted by Crippen LogP contribution is 2.22. The van der Waals surface area contributed by atoms with Crippen molar-refractivity contribution in [2.75, 3.05) is 11.9 Å². The molecule has 1 fully saturated rings. The van der Waals surface area contributed by atoms with Gasteiger partial charge in [0.05, 0.1) is 12.1 Å². The maximum Gasteiger partial charge on any atom is 0.319 e. The molecule has 2 N–H and O–H groups in total. The summed E-state index contributed by atoms with van der Waals surface area (Å²) in [5.74, 6) is 1.37. The van der Waals surface area contributed by atoms with Gasteiger partial charge in [-0.1, -0.05) is 19.0 Å². The largest absolute Gasteiger partial charge is 0.376 e. The van der Waals surface area contributed by atoms with E-state index in [0.717, 1.165) is 25.0 Å². The lowest BCUT2D eigenvalue weighted by atomic mass is 10.1. The average molecular weight is 344 g/mol. The van der Waals surface area contributed by atoms with Crippen LogP contribution < -0.4 is 10.6 Å². The summed E-state index contributed by atoms with van der Waals surface area (Å²) in [6.07, 6.45) is 2.13. The SMILES string of the molecule is CC(C)c1noc(-c2ccc(NC(=O)N[C@H](C)[C@@H]3CCCO3)cc2)n1. The van der Waals surface area contributed by atoms with E-state index in [1.165, 1.54) is 0 Å². The summed E-state index contributed by atoms with van der Waals surface area (Å²) in [7, 11) is 0. The van der Waals surface area contributed by atoms with Crippen molar-refractivity contribution in [3.05, 3.63) is 30.1 Å². The fourth-order valence-corrected chi connectivity index (χ4v) is 2.75. The molecule has 0 radical (unpaired) electrons. The molecule has 1 saturated heterocycles. The van der Waals surface area contributed by atoms with Gasteiger partial charge in [-0.3, -0.25) is 0 Å². The highest BCUT2D eigenvalue weighted by Gasteiger charge is 2.23. The molecule has 1 aromatic carbocycles. The van der Waals surface area contributed by atoms with Gasteiger partial charge < -0.3 is 19.9 Å². The highest BCUT2D eigenvalue weighted by atomic mass is 16.5. The van der Waals surface area contributed by atoms with Gasteiger partial charge in [0.2, 0.25) is 0 Å². The Bertz CT molecular complexity index is 705. The second-order valence-corrected chi connectivity index (χ2v) is 6.63. The molecule has 2 heterocycles. The molecule has 7 nitrogen and oxygen atoms in total. The maximum absolute atomic E-state index is 12.1. The molecule has 25 heavy (non-hydrogen) atoms. The van der Waals surface area contributed by atoms with Crippen LogP contribution in [0.25, 0.3) is 11.5 Å². The van der Waals surface area contributed by atoms with Gasteiger partial charge >= 0.3 is 6.03 Å². The normalized spacial score (nSPS) is 18.3. The van der Waals surface area contributed by atoms with E-state index in [9.17, 15) is 4.79 Å². The fourth-order valence-electron chi connectivity index (χ4n) is 2.75. The summed E-state index contributed by atoms with van der Waals surface area (Å²) >= 11 is 0. The molecule has 1 aliphatic heterocycles. The zero-order valence-corrected chi connectivity index (χ0v) is 14.8. The van der Waals surface area contributed by atoms with Gasteiger partial charge in [-0.05, 0) is 44.0 Å². The van der Waals surface area contributed by atoms with E-state index in [1.54, 1.807) is 0 Å². The van der Waals surface area contributed by atoms with E-state index < -0.39 is 0 Å². The van der Waals surface area contributed by atoms with Crippen LogP contribution in [0, 0.1) is 0 Å². The number of anilines is 1. The number of aromatic nitrogens is 2. The third kappa shape index (κ3) is 4.36. The molecule has 7 heteroatoms. The van der Waals surface area contributed by atoms with E-state index in [1.807, 2.05) is 45.0 Å². The number of nitrogens with one attached hydrogen (secondary N) is 2. The van der Waals surface area contributed by atoms with Gasteiger partial charge in [0.1, 0.15) is 0 Å². The molecule has 0 unspecified atom stereocenters. The summed E-state index contributed by atoms with van der Waals surface area (Å²) in [4.78, 5) is 16.5. The van der Waals surface area contributed by atoms with Gasteiger partial charge in [0.15, 0.2) is 5.82 Å². The molecule has 2 amide bonds. The van der Waals surface area contributed by atoms with Gasteiger partial charge in [0, 0.05) is 23.8 Å². The lowest BCUT2D eigenvalue weighted by Gasteiger charge is -2.20. The zero-order valence-electron chi connectivity index (χ0n) is 14.8. The van der Waals surface area contributed by atoms with Gasteiger partial charge in [-0.25, -0.2) is 4.79 Å². The molecule has 1 aromatic heterocycles. The van der Waals surface area contributed by atoms with Crippen LogP contribution in [0.15, 0.2) is 28.8 Å². The Balaban J connectivity index is 1.57. The second-order valence-electron chi connectivity index (χ2n) is 6.63. The Kier molecular flexibility index (Phi) is 5.33. The first-order valence-electron chi connectivity index (χ1n) is 8.66. The zero-order chi connectivity index (χ0) is 17.8. The Morgan fingerprint density at radius 1 is 1.24 bits per heavy atom. The molecule has 2 aromatic rings. The topological polar surface area (TPSA) is 89.3 Å². The van der Waals surface area contributed by atoms with Gasteiger partial charge in [-0.2, -0.15) is 4.98 Å². The molecule has 0 aliphatic carbocycles. The average Bonchev–Trinajstić information content (AvgIpc) is 3.27. The van der Waals surface area contributed by atoms with Gasteiger partial charge in [0.25, 0.3) is 5.89 Å². The first-order valence-corrected chi connectivity index (χ1v) is 8.66. The quantitative estimate of drug-likeness (QED) is 0.866. The number of rotatable bonds is 5. The first-order chi connectivity index (χ1) is 12.0. The smallest absolute Gasteiger partial charge is 0.319 e. The second kappa shape index (κ2) is 7.65. The first kappa shape index (κ1) is 17.4. The van der Waals surface area contributed by atoms with Crippen LogP contribution >= 0.6 is 0 Å². The standard InChI is InChI=1S/C18H24N4O3/c1-11(2)16-21-17(25-22-16)13-6-8-14(9-7-13)20-18(23)19-12(3)15-5-4-10-24-15/h6-9,11-12,15H,4-5,10H2,1-3H3,(H2,19,20,23)/t12-,15+/m1/s1. The fraction of sp³-hybridized carbons (Fsp3) is 0.500. The van der Waals surface area contributed by atoms with Crippen LogP contribution in [0.1, 0.15) is 45.4 Å². The predicted octanol–water partition coefficient (Wildman–Crippen LogP) is 3.55. The number of urea groups is 1. The number of nitrogens with zero attached hydrogens (tertiary/aromatic N) is 2. The Morgan fingerprint density at radius 3 is 2.60 bits per heavy atom. The minimum absolute atomic E-state index is 0.0189. The van der Waals surface area contributed by atoms with Crippen molar-refractivity contribution < 1.29 is 14.1 Å². The van der Waals surface area contributed by atoms with Crippen molar-refractivity contribution in [3.8, 4) is 11.5 Å². The van der Waals surface area contributed by atoms with Crippen molar-refractivity contribution in [3.63, 3.8) is 0 Å². The minimum atomic E-state index is -0.240. The molecule has 0 saturated carbocycles. The van der Waals surface area contributed by atoms with Crippen LogP contribution in [0.4, 0.5) is 10.5 Å². The van der Waals surface area contributed by atoms with Crippen molar-refractivity contribution in [2.45, 2.75) is 51.7 Å². The lowest BCUT2D eigenvalue weighted by molar-refractivity contribution is 0.0868. The van der Waals surface area contributed by atoms with Crippen LogP contribution in [-0.2, 0) is 4.74 Å². The van der Waals surface area contributed by atoms with E-state index in [2.05, 4.69) is 20.8 Å². The van der Waals surface area contributed by atoms with Crippen LogP contribution in [0.5, 0.6) is 0 Å². The molecular weight excluding hydrogens is 320 g/mol. The predicted molar refractivity (Wildman–Crippen MR) is 94.4 cm³/mol. The maximum atomic E-state index is 12.1. The van der Waals surface area contributed by atoms with E-state index in [0.29, 0.717) is 17.4 Å². The third-order valence-electron chi connectivity index (χ3n) is 4.23. The van der Waals surface area contributed by atoms with Crippen molar-refractivity contribution >= 4 is 11.7 Å². The molecule has 0 bridgehead atoms. The number of amides is 2. The molecule has 3 rings (SSSR count). The van der Waals surface area contributed by atoms with Crippen molar-refractivity contribution in [1.82, 2.24) is 15.5 Å². The minimum Gasteiger partial charge on any atom is -0.376 e. The van der Waals surface area contributed by atoms with E-state index >= 15 is 0 Å². The number of ether oxygens (including phenoxy) is 1. The Hall–Kier alpha value is -2.41. The summed E-state index contributed by atoms with van der Waals surface area (Å²) in [6.45, 7) is 6.75. The number of hydrogen-bond acceptors (Lipinski definition) is 5. The van der Waals surface area contributed by atoms with Crippen molar-refractivity contribution in [2.24, 2.45) is 0 Å². The van der Waals surface area contributed by atoms with Crippen LogP contribution in [0.2, 0.25) is 0 Å². The number of hydrogen-bond donors (Lipinski definition) is 2. The summed E-state index contributed by atoms with van der Waals surface area (Å²) in [6, 6.07) is 7.05. The highest BCUT2D eigenvalue weighted by molar-refractivity contribution is 5.89. The Morgan fingerprint density at radius 2 is 2.00 bits per heavy atom. The van der Waals surface area contributed by atoms with Crippen LogP contribution in [0.3, 0.4) is 0 Å². The van der Waals surface area contributed by atoms with Crippen LogP contribution in [-0.4, -0.2) is 34.9 Å². The monoisotopic (exact) mass is 344 g/mol. The molecule has 0 spiro atoms. The molecule has 134 valence electrons. The molecular formula is C18H24N4O3. The summed E-state index contributed by atoms with van der Waals surface area (Å²) in [5, 5.41) is 9.70. The number of carbonyl (C=O) groups excluding carboxylic acids is 1. The van der Waals surface area contributed by atoms with E-state index in [-0.39, 0.29) is 24.1 Å². The molecule has 1 aliphatic rings. The summed E-state index contributed by atoms with van der Waals surface area (Å²) < 4.78 is 10.9. The Labute approximate surface area is 147 Å². The number of carbonyl (C=O) groups is 1. The summed E-state index contributed by atoms with van der Waals surface area (Å²) in [5.41, 5.74) is 1.52.